The summed E-state index contributed by atoms with van der Waals surface area (Å²) in [5.41, 5.74) is 2.61. The lowest BCUT2D eigenvalue weighted by atomic mass is 9.87. The second kappa shape index (κ2) is 7.53. The van der Waals surface area contributed by atoms with Crippen LogP contribution in [-0.2, 0) is 12.0 Å². The van der Waals surface area contributed by atoms with E-state index in [4.69, 9.17) is 16.0 Å². The van der Waals surface area contributed by atoms with Gasteiger partial charge in [-0.05, 0) is 35.2 Å². The molecule has 0 atom stereocenters. The summed E-state index contributed by atoms with van der Waals surface area (Å²) in [4.78, 5) is 14.0. The van der Waals surface area contributed by atoms with Gasteiger partial charge in [0.1, 0.15) is 0 Å². The Labute approximate surface area is 164 Å². The van der Waals surface area contributed by atoms with E-state index < -0.39 is 0 Å². The van der Waals surface area contributed by atoms with Gasteiger partial charge in [0.25, 0.3) is 5.91 Å². The number of amides is 1. The summed E-state index contributed by atoms with van der Waals surface area (Å²) in [6.45, 7) is 6.70. The number of carbonyl (C=O) groups is 1. The lowest BCUT2D eigenvalue weighted by molar-refractivity contribution is 0.0773. The molecule has 0 fully saturated rings. The van der Waals surface area contributed by atoms with Gasteiger partial charge in [0.2, 0.25) is 11.8 Å². The molecular formula is C21H22ClN3O2. The van der Waals surface area contributed by atoms with Crippen LogP contribution in [0.5, 0.6) is 0 Å². The Morgan fingerprint density at radius 3 is 2.37 bits per heavy atom. The third-order valence-electron chi connectivity index (χ3n) is 4.29. The molecule has 3 aromatic rings. The van der Waals surface area contributed by atoms with Crippen LogP contribution in [0.3, 0.4) is 0 Å². The fraction of sp³-hybridized carbons (Fsp3) is 0.286. The number of benzene rings is 2. The summed E-state index contributed by atoms with van der Waals surface area (Å²) in [6.07, 6.45) is 0. The summed E-state index contributed by atoms with van der Waals surface area (Å²) in [6, 6.07) is 15.0. The predicted molar refractivity (Wildman–Crippen MR) is 106 cm³/mol. The lowest BCUT2D eigenvalue weighted by Gasteiger charge is -2.18. The summed E-state index contributed by atoms with van der Waals surface area (Å²) in [5.74, 6) is 0.603. The molecular weight excluding hydrogens is 362 g/mol. The second-order valence-corrected chi connectivity index (χ2v) is 7.88. The van der Waals surface area contributed by atoms with Crippen LogP contribution in [-0.4, -0.2) is 28.1 Å². The summed E-state index contributed by atoms with van der Waals surface area (Å²) in [7, 11) is 1.67. The normalized spacial score (nSPS) is 11.4. The van der Waals surface area contributed by atoms with Crippen LogP contribution in [0.4, 0.5) is 0 Å². The zero-order chi connectivity index (χ0) is 19.6. The molecule has 27 heavy (non-hydrogen) atoms. The number of halogens is 1. The van der Waals surface area contributed by atoms with Crippen LogP contribution >= 0.6 is 11.6 Å². The van der Waals surface area contributed by atoms with Crippen molar-refractivity contribution in [1.29, 1.82) is 0 Å². The molecule has 0 N–H and O–H groups in total. The number of hydrogen-bond acceptors (Lipinski definition) is 4. The second-order valence-electron chi connectivity index (χ2n) is 7.47. The van der Waals surface area contributed by atoms with Crippen molar-refractivity contribution in [3.8, 4) is 11.5 Å². The quantitative estimate of drug-likeness (QED) is 0.638. The first kappa shape index (κ1) is 19.1. The highest BCUT2D eigenvalue weighted by atomic mass is 35.5. The Balaban J connectivity index is 1.72. The predicted octanol–water partition coefficient (Wildman–Crippen LogP) is 4.96. The molecule has 0 saturated carbocycles. The molecule has 0 saturated heterocycles. The maximum atomic E-state index is 12.5. The monoisotopic (exact) mass is 383 g/mol. The van der Waals surface area contributed by atoms with E-state index >= 15 is 0 Å². The number of aromatic nitrogens is 2. The number of carbonyl (C=O) groups excluding carboxylic acids is 1. The third-order valence-corrected chi connectivity index (χ3v) is 4.62. The van der Waals surface area contributed by atoms with Gasteiger partial charge in [-0.1, -0.05) is 56.6 Å². The Morgan fingerprint density at radius 1 is 1.07 bits per heavy atom. The van der Waals surface area contributed by atoms with E-state index in [1.165, 1.54) is 10.5 Å². The van der Waals surface area contributed by atoms with Gasteiger partial charge in [0.15, 0.2) is 0 Å². The molecule has 0 radical (unpaired) electrons. The highest BCUT2D eigenvalue weighted by molar-refractivity contribution is 6.33. The molecule has 1 aromatic heterocycles. The number of rotatable bonds is 4. The molecule has 0 aliphatic heterocycles. The van der Waals surface area contributed by atoms with Gasteiger partial charge in [-0.3, -0.25) is 4.79 Å². The van der Waals surface area contributed by atoms with Crippen molar-refractivity contribution in [1.82, 2.24) is 15.1 Å². The van der Waals surface area contributed by atoms with E-state index in [2.05, 4.69) is 43.1 Å². The van der Waals surface area contributed by atoms with E-state index in [1.54, 1.807) is 31.3 Å². The molecule has 6 heteroatoms. The smallest absolute Gasteiger partial charge is 0.255 e. The summed E-state index contributed by atoms with van der Waals surface area (Å²) >= 11 is 6.10. The Bertz CT molecular complexity index is 943. The molecule has 0 spiro atoms. The fourth-order valence-corrected chi connectivity index (χ4v) is 2.88. The van der Waals surface area contributed by atoms with Crippen molar-refractivity contribution in [3.05, 3.63) is 70.6 Å². The first-order chi connectivity index (χ1) is 12.8. The fourth-order valence-electron chi connectivity index (χ4n) is 2.66. The molecule has 140 valence electrons. The SMILES string of the molecule is CN(Cc1nnc(-c2ccc(C(C)(C)C)cc2)o1)C(=O)c1ccccc1Cl. The molecule has 3 rings (SSSR count). The molecule has 1 amide bonds. The first-order valence-corrected chi connectivity index (χ1v) is 9.07. The Kier molecular flexibility index (Phi) is 5.33. The van der Waals surface area contributed by atoms with Crippen molar-refractivity contribution in [2.45, 2.75) is 32.7 Å². The summed E-state index contributed by atoms with van der Waals surface area (Å²) < 4.78 is 5.73. The van der Waals surface area contributed by atoms with Crippen LogP contribution in [0, 0.1) is 0 Å². The van der Waals surface area contributed by atoms with Crippen molar-refractivity contribution < 1.29 is 9.21 Å². The zero-order valence-corrected chi connectivity index (χ0v) is 16.6. The van der Waals surface area contributed by atoms with Gasteiger partial charge in [0, 0.05) is 12.6 Å². The Morgan fingerprint density at radius 2 is 1.74 bits per heavy atom. The molecule has 2 aromatic carbocycles. The third kappa shape index (κ3) is 4.37. The molecule has 0 aliphatic rings. The highest BCUT2D eigenvalue weighted by Gasteiger charge is 2.18. The minimum atomic E-state index is -0.199. The average molecular weight is 384 g/mol. The largest absolute Gasteiger partial charge is 0.419 e. The van der Waals surface area contributed by atoms with Crippen LogP contribution in [0.2, 0.25) is 5.02 Å². The number of hydrogen-bond donors (Lipinski definition) is 0. The van der Waals surface area contributed by atoms with Crippen LogP contribution < -0.4 is 0 Å². The van der Waals surface area contributed by atoms with Crippen LogP contribution in [0.15, 0.2) is 52.9 Å². The topological polar surface area (TPSA) is 59.2 Å². The standard InChI is InChI=1S/C21H22ClN3O2/c1-21(2,3)15-11-9-14(10-12-15)19-24-23-18(27-19)13-25(4)20(26)16-7-5-6-8-17(16)22/h5-12H,13H2,1-4H3. The van der Waals surface area contributed by atoms with E-state index in [0.717, 1.165) is 5.56 Å². The molecule has 0 aliphatic carbocycles. The molecule has 5 nitrogen and oxygen atoms in total. The van der Waals surface area contributed by atoms with Crippen molar-refractivity contribution in [2.24, 2.45) is 0 Å². The lowest BCUT2D eigenvalue weighted by Crippen LogP contribution is -2.26. The van der Waals surface area contributed by atoms with Crippen molar-refractivity contribution in [2.75, 3.05) is 7.05 Å². The van der Waals surface area contributed by atoms with Gasteiger partial charge < -0.3 is 9.32 Å². The molecule has 0 unspecified atom stereocenters. The minimum absolute atomic E-state index is 0.0836. The van der Waals surface area contributed by atoms with Gasteiger partial charge in [-0.15, -0.1) is 10.2 Å². The molecule has 0 bridgehead atoms. The van der Waals surface area contributed by atoms with E-state index in [-0.39, 0.29) is 17.9 Å². The molecule has 1 heterocycles. The van der Waals surface area contributed by atoms with E-state index in [0.29, 0.717) is 22.4 Å². The van der Waals surface area contributed by atoms with E-state index in [1.807, 2.05) is 12.1 Å². The van der Waals surface area contributed by atoms with Gasteiger partial charge >= 0.3 is 0 Å². The average Bonchev–Trinajstić information content (AvgIpc) is 3.09. The minimum Gasteiger partial charge on any atom is -0.419 e. The van der Waals surface area contributed by atoms with Crippen LogP contribution in [0.25, 0.3) is 11.5 Å². The van der Waals surface area contributed by atoms with Crippen molar-refractivity contribution in [3.63, 3.8) is 0 Å². The first-order valence-electron chi connectivity index (χ1n) is 8.69. The summed E-state index contributed by atoms with van der Waals surface area (Å²) in [5, 5.41) is 8.58. The maximum absolute atomic E-state index is 12.5. The van der Waals surface area contributed by atoms with Gasteiger partial charge in [-0.2, -0.15) is 0 Å². The van der Waals surface area contributed by atoms with Gasteiger partial charge in [-0.25, -0.2) is 0 Å². The van der Waals surface area contributed by atoms with Crippen LogP contribution in [0.1, 0.15) is 42.6 Å². The van der Waals surface area contributed by atoms with E-state index in [9.17, 15) is 4.79 Å². The van der Waals surface area contributed by atoms with Crippen molar-refractivity contribution >= 4 is 17.5 Å². The van der Waals surface area contributed by atoms with Gasteiger partial charge in [0.05, 0.1) is 17.1 Å². The maximum Gasteiger partial charge on any atom is 0.255 e. The Hall–Kier alpha value is -2.66. The number of nitrogens with zero attached hydrogens (tertiary/aromatic N) is 3. The zero-order valence-electron chi connectivity index (χ0n) is 15.9. The highest BCUT2D eigenvalue weighted by Crippen LogP contribution is 2.26.